The van der Waals surface area contributed by atoms with Crippen LogP contribution in [0.15, 0.2) is 22.8 Å². The highest BCUT2D eigenvalue weighted by Crippen LogP contribution is 2.03. The molecule has 1 unspecified atom stereocenters. The highest BCUT2D eigenvalue weighted by Gasteiger charge is 2.19. The molecule has 0 fully saturated rings. The fourth-order valence-electron chi connectivity index (χ4n) is 1.22. The van der Waals surface area contributed by atoms with E-state index < -0.39 is 23.8 Å². The van der Waals surface area contributed by atoms with E-state index in [4.69, 9.17) is 9.52 Å². The van der Waals surface area contributed by atoms with Gasteiger partial charge in [0.25, 0.3) is 5.91 Å². The fraction of sp³-hybridized carbons (Fsp3) is 0.364. The Morgan fingerprint density at radius 2 is 2.17 bits per heavy atom. The maximum atomic E-state index is 11.7. The lowest BCUT2D eigenvalue weighted by molar-refractivity contribution is -0.141. The van der Waals surface area contributed by atoms with Crippen LogP contribution in [0.2, 0.25) is 0 Å². The van der Waals surface area contributed by atoms with Crippen LogP contribution < -0.4 is 5.32 Å². The monoisotopic (exact) mass is 254 g/mol. The minimum Gasteiger partial charge on any atom is -0.480 e. The largest absolute Gasteiger partial charge is 0.480 e. The fourth-order valence-corrected chi connectivity index (χ4v) is 1.22. The number of aliphatic carboxylic acids is 1. The number of hydrogen-bond donors (Lipinski definition) is 2. The lowest BCUT2D eigenvalue weighted by Crippen LogP contribution is -2.44. The molecule has 0 aliphatic heterocycles. The summed E-state index contributed by atoms with van der Waals surface area (Å²) in [7, 11) is 1.43. The Kier molecular flexibility index (Phi) is 4.47. The lowest BCUT2D eigenvalue weighted by atomic mass is 10.3. The van der Waals surface area contributed by atoms with Crippen LogP contribution in [0, 0.1) is 0 Å². The van der Waals surface area contributed by atoms with E-state index in [1.54, 1.807) is 6.07 Å². The smallest absolute Gasteiger partial charge is 0.325 e. The third-order valence-electron chi connectivity index (χ3n) is 2.21. The van der Waals surface area contributed by atoms with Gasteiger partial charge < -0.3 is 19.7 Å². The van der Waals surface area contributed by atoms with Gasteiger partial charge in [-0.15, -0.1) is 0 Å². The number of nitrogens with one attached hydrogen (secondary N) is 1. The van der Waals surface area contributed by atoms with E-state index in [1.807, 2.05) is 0 Å². The van der Waals surface area contributed by atoms with Gasteiger partial charge in [0.05, 0.1) is 12.8 Å². The summed E-state index contributed by atoms with van der Waals surface area (Å²) in [6, 6.07) is 2.05. The third kappa shape index (κ3) is 3.62. The van der Waals surface area contributed by atoms with Crippen molar-refractivity contribution >= 4 is 17.8 Å². The van der Waals surface area contributed by atoms with E-state index in [-0.39, 0.29) is 12.3 Å². The molecule has 18 heavy (non-hydrogen) atoms. The van der Waals surface area contributed by atoms with Gasteiger partial charge in [0, 0.05) is 7.05 Å². The van der Waals surface area contributed by atoms with E-state index in [9.17, 15) is 14.4 Å². The normalized spacial score (nSPS) is 11.7. The van der Waals surface area contributed by atoms with E-state index in [2.05, 4.69) is 5.32 Å². The Balaban J connectivity index is 2.50. The van der Waals surface area contributed by atoms with Crippen LogP contribution in [0.25, 0.3) is 0 Å². The first-order chi connectivity index (χ1) is 8.41. The van der Waals surface area contributed by atoms with Crippen LogP contribution >= 0.6 is 0 Å². The summed E-state index contributed by atoms with van der Waals surface area (Å²) in [5.74, 6) is -2.01. The van der Waals surface area contributed by atoms with Crippen LogP contribution in [0.1, 0.15) is 17.5 Å². The minimum atomic E-state index is -1.14. The van der Waals surface area contributed by atoms with Gasteiger partial charge in [-0.1, -0.05) is 0 Å². The standard InChI is InChI=1S/C11H14N2O5/c1-7(11(16)17)12-9(14)6-13(2)10(15)8-4-3-5-18-8/h3-5,7H,6H2,1-2H3,(H,12,14)(H,16,17). The van der Waals surface area contributed by atoms with Gasteiger partial charge >= 0.3 is 5.97 Å². The molecule has 1 rings (SSSR count). The average molecular weight is 254 g/mol. The zero-order valence-corrected chi connectivity index (χ0v) is 10.0. The molecule has 7 nitrogen and oxygen atoms in total. The maximum absolute atomic E-state index is 11.7. The van der Waals surface area contributed by atoms with E-state index in [0.717, 1.165) is 4.90 Å². The SMILES string of the molecule is CC(NC(=O)CN(C)C(=O)c1ccco1)C(=O)O. The summed E-state index contributed by atoms with van der Waals surface area (Å²) >= 11 is 0. The second-order valence-corrected chi connectivity index (χ2v) is 3.77. The molecule has 0 aliphatic carbocycles. The number of rotatable bonds is 5. The van der Waals surface area contributed by atoms with Crippen molar-refractivity contribution in [2.45, 2.75) is 13.0 Å². The summed E-state index contributed by atoms with van der Waals surface area (Å²) in [5, 5.41) is 10.9. The van der Waals surface area contributed by atoms with Crippen LogP contribution in [0.3, 0.4) is 0 Å². The number of carboxylic acids is 1. The molecule has 0 saturated carbocycles. The highest BCUT2D eigenvalue weighted by atomic mass is 16.4. The molecule has 0 radical (unpaired) electrons. The highest BCUT2D eigenvalue weighted by molar-refractivity contribution is 5.94. The van der Waals surface area contributed by atoms with E-state index in [1.165, 1.54) is 26.3 Å². The number of carbonyl (C=O) groups is 3. The number of carbonyl (C=O) groups excluding carboxylic acids is 2. The Morgan fingerprint density at radius 3 is 2.67 bits per heavy atom. The molecule has 1 heterocycles. The van der Waals surface area contributed by atoms with Crippen molar-refractivity contribution in [1.82, 2.24) is 10.2 Å². The van der Waals surface area contributed by atoms with Gasteiger partial charge in [0.15, 0.2) is 5.76 Å². The Labute approximate surface area is 103 Å². The molecule has 2 amide bonds. The lowest BCUT2D eigenvalue weighted by Gasteiger charge is -2.16. The molecule has 98 valence electrons. The number of furan rings is 1. The first-order valence-electron chi connectivity index (χ1n) is 5.23. The van der Waals surface area contributed by atoms with Crippen molar-refractivity contribution in [3.8, 4) is 0 Å². The minimum absolute atomic E-state index is 0.122. The van der Waals surface area contributed by atoms with Gasteiger partial charge in [-0.3, -0.25) is 14.4 Å². The van der Waals surface area contributed by atoms with Gasteiger partial charge in [0.2, 0.25) is 5.91 Å². The molecule has 0 aliphatic rings. The molecular weight excluding hydrogens is 240 g/mol. The molecule has 7 heteroatoms. The number of likely N-dealkylation sites (N-methyl/N-ethyl adjacent to an activating group) is 1. The van der Waals surface area contributed by atoms with Crippen molar-refractivity contribution in [3.63, 3.8) is 0 Å². The summed E-state index contributed by atoms with van der Waals surface area (Å²) in [5.41, 5.74) is 0. The maximum Gasteiger partial charge on any atom is 0.325 e. The topological polar surface area (TPSA) is 99.9 Å². The van der Waals surface area contributed by atoms with Crippen molar-refractivity contribution < 1.29 is 23.9 Å². The molecule has 0 saturated heterocycles. The second kappa shape index (κ2) is 5.85. The number of carboxylic acid groups (broad SMARTS) is 1. The zero-order valence-electron chi connectivity index (χ0n) is 10.0. The number of hydrogen-bond acceptors (Lipinski definition) is 4. The molecule has 0 spiro atoms. The quantitative estimate of drug-likeness (QED) is 0.766. The summed E-state index contributed by atoms with van der Waals surface area (Å²) in [6.07, 6.45) is 1.35. The molecule has 0 aromatic carbocycles. The average Bonchev–Trinajstić information content (AvgIpc) is 2.80. The summed E-state index contributed by atoms with van der Waals surface area (Å²) in [4.78, 5) is 34.8. The van der Waals surface area contributed by atoms with Gasteiger partial charge in [-0.05, 0) is 19.1 Å². The van der Waals surface area contributed by atoms with Gasteiger partial charge in [-0.25, -0.2) is 0 Å². The molecule has 1 aromatic rings. The van der Waals surface area contributed by atoms with E-state index >= 15 is 0 Å². The summed E-state index contributed by atoms with van der Waals surface area (Å²) in [6.45, 7) is 1.10. The Hall–Kier alpha value is -2.31. The van der Waals surface area contributed by atoms with Crippen LogP contribution in [-0.2, 0) is 9.59 Å². The van der Waals surface area contributed by atoms with Gasteiger partial charge in [0.1, 0.15) is 6.04 Å². The Morgan fingerprint density at radius 1 is 1.50 bits per heavy atom. The first-order valence-corrected chi connectivity index (χ1v) is 5.23. The third-order valence-corrected chi connectivity index (χ3v) is 2.21. The van der Waals surface area contributed by atoms with Crippen molar-refractivity contribution in [2.24, 2.45) is 0 Å². The van der Waals surface area contributed by atoms with Crippen molar-refractivity contribution in [3.05, 3.63) is 24.2 Å². The molecule has 0 bridgehead atoms. The first kappa shape index (κ1) is 13.8. The number of amides is 2. The predicted octanol–water partition coefficient (Wildman–Crippen LogP) is -0.0591. The molecule has 2 N–H and O–H groups in total. The van der Waals surface area contributed by atoms with Crippen molar-refractivity contribution in [2.75, 3.05) is 13.6 Å². The predicted molar refractivity (Wildman–Crippen MR) is 60.9 cm³/mol. The number of nitrogens with zero attached hydrogens (tertiary/aromatic N) is 1. The van der Waals surface area contributed by atoms with Crippen molar-refractivity contribution in [1.29, 1.82) is 0 Å². The molecule has 1 aromatic heterocycles. The Bertz CT molecular complexity index is 440. The molecule has 1 atom stereocenters. The van der Waals surface area contributed by atoms with E-state index in [0.29, 0.717) is 0 Å². The summed E-state index contributed by atoms with van der Waals surface area (Å²) < 4.78 is 4.90. The molecular formula is C11H14N2O5. The van der Waals surface area contributed by atoms with Gasteiger partial charge in [-0.2, -0.15) is 0 Å². The van der Waals surface area contributed by atoms with Crippen LogP contribution in [-0.4, -0.2) is 47.4 Å². The zero-order chi connectivity index (χ0) is 13.7. The van der Waals surface area contributed by atoms with Crippen LogP contribution in [0.4, 0.5) is 0 Å². The second-order valence-electron chi connectivity index (χ2n) is 3.77. The van der Waals surface area contributed by atoms with Crippen LogP contribution in [0.5, 0.6) is 0 Å².